The van der Waals surface area contributed by atoms with Crippen LogP contribution in [0.25, 0.3) is 11.0 Å². The fourth-order valence-electron chi connectivity index (χ4n) is 6.49. The smallest absolute Gasteiger partial charge is 0.276 e. The number of halogens is 2. The quantitative estimate of drug-likeness (QED) is 0.361. The van der Waals surface area contributed by atoms with Gasteiger partial charge in [-0.15, -0.1) is 0 Å². The summed E-state index contributed by atoms with van der Waals surface area (Å²) in [7, 11) is 0. The maximum atomic E-state index is 15.8. The number of rotatable bonds is 4. The van der Waals surface area contributed by atoms with E-state index >= 15 is 8.78 Å². The monoisotopic (exact) mass is 592 g/mol. The molecule has 1 fully saturated rings. The summed E-state index contributed by atoms with van der Waals surface area (Å²) < 4.78 is 33.3. The molecular formula is C33H42F2N6O2. The standard InChI is InChI=1S/C33H42F2N6O2/c1-23-24-10-8-11-27(19-24)33(34,35)26-13-17-40(18-14-26)21-28(42)12-5-3-7-16-41-31-29(30(39-23)37-22-38-31)20-25(32(41)43)9-4-2-6-15-36/h8,10-11,19-20,22-23,26,28,42H,2-7,9,12-14,16-18,21H2,1H3,(H,37,38,39)/t23-,28?/m1/s1. The predicted octanol–water partition coefficient (Wildman–Crippen LogP) is 5.94. The molecule has 1 unspecified atom stereocenters. The number of aromatic nitrogens is 3. The fourth-order valence-corrected chi connectivity index (χ4v) is 6.49. The molecule has 43 heavy (non-hydrogen) atoms. The van der Waals surface area contributed by atoms with Crippen molar-refractivity contribution in [1.82, 2.24) is 19.4 Å². The number of fused-ring (bicyclic) bond motifs is 9. The molecule has 0 amide bonds. The minimum atomic E-state index is -2.96. The fraction of sp³-hybridized carbons (Fsp3) is 0.576. The van der Waals surface area contributed by atoms with Gasteiger partial charge in [-0.3, -0.25) is 9.36 Å². The van der Waals surface area contributed by atoms with Gasteiger partial charge in [0.1, 0.15) is 17.8 Å². The molecule has 3 aliphatic rings. The zero-order chi connectivity index (χ0) is 30.4. The Morgan fingerprint density at radius 2 is 1.91 bits per heavy atom. The summed E-state index contributed by atoms with van der Waals surface area (Å²) in [5, 5.41) is 23.7. The van der Waals surface area contributed by atoms with E-state index in [0.717, 1.165) is 31.2 Å². The number of hydrogen-bond donors (Lipinski definition) is 2. The SMILES string of the molecule is C[C@H]1Nc2ncnc3c2cc(CCCCC#N)c(=O)n3CCCCCC(O)CN2CCC(CC2)C(F)(F)c2cccc1c2. The van der Waals surface area contributed by atoms with Crippen LogP contribution < -0.4 is 10.9 Å². The predicted molar refractivity (Wildman–Crippen MR) is 163 cm³/mol. The van der Waals surface area contributed by atoms with E-state index in [4.69, 9.17) is 5.26 Å². The number of nitrogens with zero attached hydrogens (tertiary/aromatic N) is 5. The molecule has 3 aromatic rings. The Bertz CT molecular complexity index is 1490. The van der Waals surface area contributed by atoms with Crippen molar-refractivity contribution in [2.45, 2.75) is 95.7 Å². The van der Waals surface area contributed by atoms with Gasteiger partial charge in [-0.1, -0.05) is 31.0 Å². The third-order valence-electron chi connectivity index (χ3n) is 9.05. The van der Waals surface area contributed by atoms with Crippen molar-refractivity contribution in [3.8, 4) is 6.07 Å². The second-order valence-electron chi connectivity index (χ2n) is 12.1. The normalized spacial score (nSPS) is 24.6. The summed E-state index contributed by atoms with van der Waals surface area (Å²) in [4.78, 5) is 24.7. The van der Waals surface area contributed by atoms with Gasteiger partial charge < -0.3 is 15.3 Å². The van der Waals surface area contributed by atoms with Crippen LogP contribution in [0.4, 0.5) is 14.6 Å². The number of piperidine rings is 1. The number of nitrogens with one attached hydrogen (secondary N) is 1. The first-order chi connectivity index (χ1) is 20.8. The van der Waals surface area contributed by atoms with Crippen molar-refractivity contribution < 1.29 is 13.9 Å². The number of alkyl halides is 2. The number of unbranched alkanes of at least 4 members (excludes halogenated alkanes) is 2. The summed E-state index contributed by atoms with van der Waals surface area (Å²) in [6.45, 7) is 4.01. The van der Waals surface area contributed by atoms with Crippen LogP contribution in [-0.2, 0) is 18.9 Å². The highest BCUT2D eigenvalue weighted by Crippen LogP contribution is 2.42. The van der Waals surface area contributed by atoms with E-state index in [1.165, 1.54) is 12.4 Å². The van der Waals surface area contributed by atoms with Gasteiger partial charge in [0.05, 0.1) is 17.6 Å². The first kappa shape index (κ1) is 31.0. The number of nitriles is 1. The lowest BCUT2D eigenvalue weighted by Gasteiger charge is -2.37. The molecule has 3 aliphatic heterocycles. The van der Waals surface area contributed by atoms with E-state index in [2.05, 4.69) is 26.3 Å². The number of benzene rings is 1. The summed E-state index contributed by atoms with van der Waals surface area (Å²) in [6.07, 6.45) is 7.16. The molecule has 1 aromatic carbocycles. The lowest BCUT2D eigenvalue weighted by Crippen LogP contribution is -2.42. The molecule has 0 radical (unpaired) electrons. The molecule has 2 atom stereocenters. The average molecular weight is 593 g/mol. The number of aliphatic hydroxyl groups is 1. The van der Waals surface area contributed by atoms with Gasteiger partial charge in [-0.25, -0.2) is 18.7 Å². The molecule has 1 saturated heterocycles. The van der Waals surface area contributed by atoms with Crippen LogP contribution in [0.15, 0.2) is 41.5 Å². The Balaban J connectivity index is 1.51. The van der Waals surface area contributed by atoms with Gasteiger partial charge in [-0.05, 0) is 82.7 Å². The third-order valence-corrected chi connectivity index (χ3v) is 9.05. The van der Waals surface area contributed by atoms with E-state index in [9.17, 15) is 9.90 Å². The number of aryl methyl sites for hydroxylation is 2. The first-order valence-electron chi connectivity index (χ1n) is 15.7. The molecular weight excluding hydrogens is 550 g/mol. The average Bonchev–Trinajstić information content (AvgIpc) is 3.00. The van der Waals surface area contributed by atoms with Crippen LogP contribution in [-0.4, -0.2) is 50.3 Å². The Morgan fingerprint density at radius 3 is 2.70 bits per heavy atom. The molecule has 0 saturated carbocycles. The van der Waals surface area contributed by atoms with Gasteiger partial charge in [0.25, 0.3) is 11.5 Å². The Hall–Kier alpha value is -3.42. The summed E-state index contributed by atoms with van der Waals surface area (Å²) in [5.41, 5.74) is 1.84. The second-order valence-corrected chi connectivity index (χ2v) is 12.1. The lowest BCUT2D eigenvalue weighted by atomic mass is 9.85. The van der Waals surface area contributed by atoms with Crippen molar-refractivity contribution in [2.75, 3.05) is 25.0 Å². The zero-order valence-corrected chi connectivity index (χ0v) is 24.9. The van der Waals surface area contributed by atoms with Gasteiger partial charge >= 0.3 is 0 Å². The van der Waals surface area contributed by atoms with Crippen molar-refractivity contribution in [1.29, 1.82) is 5.26 Å². The maximum absolute atomic E-state index is 15.8. The molecule has 10 heteroatoms. The first-order valence-corrected chi connectivity index (χ1v) is 15.7. The Labute approximate surface area is 251 Å². The van der Waals surface area contributed by atoms with E-state index < -0.39 is 17.9 Å². The van der Waals surface area contributed by atoms with Crippen molar-refractivity contribution in [3.63, 3.8) is 0 Å². The van der Waals surface area contributed by atoms with Crippen LogP contribution in [0.3, 0.4) is 0 Å². The minimum Gasteiger partial charge on any atom is -0.392 e. The molecule has 2 aromatic heterocycles. The zero-order valence-electron chi connectivity index (χ0n) is 24.9. The number of anilines is 1. The molecule has 8 nitrogen and oxygen atoms in total. The summed E-state index contributed by atoms with van der Waals surface area (Å²) in [6, 6.07) is 10.3. The Morgan fingerprint density at radius 1 is 1.09 bits per heavy atom. The van der Waals surface area contributed by atoms with Gasteiger partial charge in [-0.2, -0.15) is 5.26 Å². The molecule has 6 rings (SSSR count). The van der Waals surface area contributed by atoms with E-state index in [1.807, 2.05) is 19.1 Å². The second kappa shape index (κ2) is 13.9. The molecule has 8 bridgehead atoms. The van der Waals surface area contributed by atoms with Crippen molar-refractivity contribution in [3.05, 3.63) is 63.7 Å². The van der Waals surface area contributed by atoms with E-state index in [1.54, 1.807) is 16.7 Å². The highest BCUT2D eigenvalue weighted by molar-refractivity contribution is 5.87. The van der Waals surface area contributed by atoms with Crippen molar-refractivity contribution in [2.24, 2.45) is 5.92 Å². The topological polar surface area (TPSA) is 107 Å². The van der Waals surface area contributed by atoms with Crippen molar-refractivity contribution >= 4 is 16.9 Å². The minimum absolute atomic E-state index is 0.0177. The molecule has 0 spiro atoms. The van der Waals surface area contributed by atoms with Gasteiger partial charge in [0.2, 0.25) is 0 Å². The number of aliphatic hydroxyl groups excluding tert-OH is 1. The van der Waals surface area contributed by atoms with Gasteiger partial charge in [0.15, 0.2) is 0 Å². The molecule has 0 aliphatic carbocycles. The number of pyridine rings is 1. The van der Waals surface area contributed by atoms with Crippen LogP contribution >= 0.6 is 0 Å². The Kier molecular flexibility index (Phi) is 10.0. The molecule has 2 N–H and O–H groups in total. The number of hydrogen-bond acceptors (Lipinski definition) is 7. The third kappa shape index (κ3) is 7.22. The van der Waals surface area contributed by atoms with E-state index in [-0.39, 0.29) is 17.2 Å². The van der Waals surface area contributed by atoms with Crippen LogP contribution in [0.5, 0.6) is 0 Å². The van der Waals surface area contributed by atoms with Gasteiger partial charge in [0, 0.05) is 42.6 Å². The van der Waals surface area contributed by atoms with Crippen LogP contribution in [0.2, 0.25) is 0 Å². The maximum Gasteiger partial charge on any atom is 0.276 e. The highest BCUT2D eigenvalue weighted by Gasteiger charge is 2.43. The van der Waals surface area contributed by atoms with Crippen LogP contribution in [0, 0.1) is 17.2 Å². The van der Waals surface area contributed by atoms with E-state index in [0.29, 0.717) is 87.1 Å². The molecule has 5 heterocycles. The van der Waals surface area contributed by atoms with Crippen LogP contribution in [0.1, 0.15) is 87.4 Å². The summed E-state index contributed by atoms with van der Waals surface area (Å²) >= 11 is 0. The highest BCUT2D eigenvalue weighted by atomic mass is 19.3. The largest absolute Gasteiger partial charge is 0.392 e. The lowest BCUT2D eigenvalue weighted by molar-refractivity contribution is -0.0875. The molecule has 230 valence electrons. The summed E-state index contributed by atoms with van der Waals surface area (Å²) in [5.74, 6) is -3.16.